The molecule has 0 amide bonds. The van der Waals surface area contributed by atoms with Crippen LogP contribution in [0.4, 0.5) is 0 Å². The Morgan fingerprint density at radius 1 is 1.58 bits per heavy atom. The lowest BCUT2D eigenvalue weighted by atomic mass is 10.2. The molecule has 0 radical (unpaired) electrons. The first-order valence-electron chi connectivity index (χ1n) is 5.58. The van der Waals surface area contributed by atoms with Crippen LogP contribution in [0.2, 0.25) is 0 Å². The van der Waals surface area contributed by atoms with Crippen molar-refractivity contribution in [3.63, 3.8) is 0 Å². The average Bonchev–Trinajstić information content (AvgIpc) is 3.06. The van der Waals surface area contributed by atoms with Crippen molar-refractivity contribution in [2.24, 2.45) is 0 Å². The maximum absolute atomic E-state index is 12.2. The maximum atomic E-state index is 12.2. The number of aromatic nitrogens is 2. The zero-order valence-electron chi connectivity index (χ0n) is 10.1. The van der Waals surface area contributed by atoms with Crippen LogP contribution < -0.4 is 4.72 Å². The van der Waals surface area contributed by atoms with Gasteiger partial charge < -0.3 is 4.98 Å². The van der Waals surface area contributed by atoms with Gasteiger partial charge in [-0.15, -0.1) is 11.3 Å². The number of hydrogen-bond acceptors (Lipinski definition) is 5. The Morgan fingerprint density at radius 2 is 2.37 bits per heavy atom. The average molecular weight is 296 g/mol. The third-order valence-electron chi connectivity index (χ3n) is 2.51. The molecule has 100 valence electrons. The largest absolute Gasteiger partial charge is 0.347 e. The molecule has 6 nitrogen and oxygen atoms in total. The van der Waals surface area contributed by atoms with E-state index in [-0.39, 0.29) is 4.21 Å². The summed E-state index contributed by atoms with van der Waals surface area (Å²) in [4.78, 5) is 7.31. The minimum atomic E-state index is -3.63. The standard InChI is InChI=1S/C11H12N4O2S2/c1-2-9(11-13-5-6-14-11)15-19(16,17)10-4-3-8(7-12)18-10/h3-6,9,15H,2H2,1H3,(H,13,14). The molecule has 0 fully saturated rings. The summed E-state index contributed by atoms with van der Waals surface area (Å²) < 4.78 is 27.1. The molecular formula is C11H12N4O2S2. The topological polar surface area (TPSA) is 98.6 Å². The number of nitrogens with one attached hydrogen (secondary N) is 2. The SMILES string of the molecule is CCC(NS(=O)(=O)c1ccc(C#N)s1)c1ncc[nH]1. The van der Waals surface area contributed by atoms with Gasteiger partial charge in [-0.1, -0.05) is 6.92 Å². The van der Waals surface area contributed by atoms with E-state index in [1.807, 2.05) is 13.0 Å². The van der Waals surface area contributed by atoms with Gasteiger partial charge in [0.05, 0.1) is 6.04 Å². The number of thiophene rings is 1. The molecule has 1 atom stereocenters. The molecule has 0 spiro atoms. The van der Waals surface area contributed by atoms with E-state index in [2.05, 4.69) is 14.7 Å². The molecule has 2 aromatic heterocycles. The number of nitrogens with zero attached hydrogens (tertiary/aromatic N) is 2. The van der Waals surface area contributed by atoms with Gasteiger partial charge in [0.1, 0.15) is 21.0 Å². The highest BCUT2D eigenvalue weighted by Crippen LogP contribution is 2.23. The summed E-state index contributed by atoms with van der Waals surface area (Å²) in [5.74, 6) is 0.572. The van der Waals surface area contributed by atoms with Gasteiger partial charge in [0.25, 0.3) is 10.0 Å². The van der Waals surface area contributed by atoms with Crippen molar-refractivity contribution in [3.8, 4) is 6.07 Å². The number of aromatic amines is 1. The highest BCUT2D eigenvalue weighted by molar-refractivity contribution is 7.91. The molecule has 0 saturated heterocycles. The van der Waals surface area contributed by atoms with E-state index in [1.165, 1.54) is 12.1 Å². The quantitative estimate of drug-likeness (QED) is 0.878. The zero-order valence-corrected chi connectivity index (χ0v) is 11.8. The normalized spacial score (nSPS) is 13.1. The lowest BCUT2D eigenvalue weighted by Gasteiger charge is -2.13. The van der Waals surface area contributed by atoms with E-state index >= 15 is 0 Å². The second-order valence-electron chi connectivity index (χ2n) is 3.79. The maximum Gasteiger partial charge on any atom is 0.250 e. The number of H-pyrrole nitrogens is 1. The first-order valence-corrected chi connectivity index (χ1v) is 7.88. The molecule has 2 N–H and O–H groups in total. The molecule has 2 rings (SSSR count). The summed E-state index contributed by atoms with van der Waals surface area (Å²) in [5.41, 5.74) is 0. The molecule has 2 aromatic rings. The fraction of sp³-hybridized carbons (Fsp3) is 0.273. The van der Waals surface area contributed by atoms with Gasteiger partial charge in [0.15, 0.2) is 0 Å². The number of rotatable bonds is 5. The summed E-state index contributed by atoms with van der Waals surface area (Å²) in [6.07, 6.45) is 3.79. The van der Waals surface area contributed by atoms with Crippen molar-refractivity contribution in [3.05, 3.63) is 35.2 Å². The van der Waals surface area contributed by atoms with E-state index in [4.69, 9.17) is 5.26 Å². The van der Waals surface area contributed by atoms with E-state index in [1.54, 1.807) is 12.4 Å². The fourth-order valence-electron chi connectivity index (χ4n) is 1.57. The van der Waals surface area contributed by atoms with Gasteiger partial charge in [-0.2, -0.15) is 9.98 Å². The van der Waals surface area contributed by atoms with Crippen LogP contribution in [0.25, 0.3) is 0 Å². The van der Waals surface area contributed by atoms with Crippen LogP contribution in [0, 0.1) is 11.3 Å². The molecular weight excluding hydrogens is 284 g/mol. The molecule has 0 aliphatic rings. The van der Waals surface area contributed by atoms with Crippen molar-refractivity contribution < 1.29 is 8.42 Å². The first-order chi connectivity index (χ1) is 9.06. The van der Waals surface area contributed by atoms with Gasteiger partial charge in [-0.25, -0.2) is 13.4 Å². The van der Waals surface area contributed by atoms with Gasteiger partial charge in [0, 0.05) is 12.4 Å². The van der Waals surface area contributed by atoms with Crippen LogP contribution in [-0.2, 0) is 10.0 Å². The second-order valence-corrected chi connectivity index (χ2v) is 6.81. The van der Waals surface area contributed by atoms with Crippen LogP contribution in [-0.4, -0.2) is 18.4 Å². The summed E-state index contributed by atoms with van der Waals surface area (Å²) in [7, 11) is -3.63. The van der Waals surface area contributed by atoms with Crippen molar-refractivity contribution in [1.29, 1.82) is 5.26 Å². The van der Waals surface area contributed by atoms with Crippen molar-refractivity contribution in [2.45, 2.75) is 23.6 Å². The van der Waals surface area contributed by atoms with Crippen LogP contribution in [0.5, 0.6) is 0 Å². The summed E-state index contributed by atoms with van der Waals surface area (Å²) in [6, 6.07) is 4.44. The van der Waals surface area contributed by atoms with E-state index in [0.29, 0.717) is 17.1 Å². The van der Waals surface area contributed by atoms with E-state index < -0.39 is 16.1 Å². The molecule has 2 heterocycles. The number of imidazole rings is 1. The zero-order chi connectivity index (χ0) is 13.9. The molecule has 19 heavy (non-hydrogen) atoms. The van der Waals surface area contributed by atoms with Crippen LogP contribution >= 0.6 is 11.3 Å². The Kier molecular flexibility index (Phi) is 3.99. The Labute approximate surface area is 115 Å². The van der Waals surface area contributed by atoms with Crippen molar-refractivity contribution in [1.82, 2.24) is 14.7 Å². The minimum Gasteiger partial charge on any atom is -0.347 e. The van der Waals surface area contributed by atoms with Crippen molar-refractivity contribution in [2.75, 3.05) is 0 Å². The second kappa shape index (κ2) is 5.52. The highest BCUT2D eigenvalue weighted by atomic mass is 32.2. The Morgan fingerprint density at radius 3 is 2.89 bits per heavy atom. The van der Waals surface area contributed by atoms with Gasteiger partial charge in [0.2, 0.25) is 0 Å². The molecule has 0 aromatic carbocycles. The van der Waals surface area contributed by atoms with Crippen LogP contribution in [0.3, 0.4) is 0 Å². The molecule has 0 bridgehead atoms. The van der Waals surface area contributed by atoms with Crippen LogP contribution in [0.1, 0.15) is 30.1 Å². The van der Waals surface area contributed by atoms with Gasteiger partial charge in [-0.3, -0.25) is 0 Å². The van der Waals surface area contributed by atoms with Gasteiger partial charge >= 0.3 is 0 Å². The highest BCUT2D eigenvalue weighted by Gasteiger charge is 2.23. The molecule has 0 aliphatic carbocycles. The predicted octanol–water partition coefficient (Wildman–Crippen LogP) is 1.77. The molecule has 1 unspecified atom stereocenters. The predicted molar refractivity (Wildman–Crippen MR) is 71.0 cm³/mol. The summed E-state index contributed by atoms with van der Waals surface area (Å²) in [6.45, 7) is 1.87. The number of hydrogen-bond donors (Lipinski definition) is 2. The Bertz CT molecular complexity index is 683. The van der Waals surface area contributed by atoms with E-state index in [0.717, 1.165) is 11.3 Å². The van der Waals surface area contributed by atoms with Crippen LogP contribution in [0.15, 0.2) is 28.7 Å². The fourth-order valence-corrected chi connectivity index (χ4v) is 3.97. The first kappa shape index (κ1) is 13.7. The third kappa shape index (κ3) is 3.01. The number of sulfonamides is 1. The summed E-state index contributed by atoms with van der Waals surface area (Å²) >= 11 is 0.947. The lowest BCUT2D eigenvalue weighted by molar-refractivity contribution is 0.541. The van der Waals surface area contributed by atoms with Crippen molar-refractivity contribution >= 4 is 21.4 Å². The lowest BCUT2D eigenvalue weighted by Crippen LogP contribution is -2.28. The number of nitriles is 1. The molecule has 8 heteroatoms. The monoisotopic (exact) mass is 296 g/mol. The smallest absolute Gasteiger partial charge is 0.250 e. The molecule has 0 aliphatic heterocycles. The third-order valence-corrected chi connectivity index (χ3v) is 5.46. The van der Waals surface area contributed by atoms with E-state index in [9.17, 15) is 8.42 Å². The summed E-state index contributed by atoms with van der Waals surface area (Å²) in [5, 5.41) is 8.73. The van der Waals surface area contributed by atoms with Gasteiger partial charge in [-0.05, 0) is 18.6 Å². The minimum absolute atomic E-state index is 0.133. The Hall–Kier alpha value is -1.69. The Balaban J connectivity index is 2.23. The molecule has 0 saturated carbocycles.